The van der Waals surface area contributed by atoms with Gasteiger partial charge >= 0.3 is 0 Å². The van der Waals surface area contributed by atoms with Gasteiger partial charge in [-0.05, 0) is 18.2 Å². The Hall–Kier alpha value is -1.17. The van der Waals surface area contributed by atoms with Gasteiger partial charge in [0.05, 0.1) is 19.3 Å². The van der Waals surface area contributed by atoms with Crippen LogP contribution >= 0.6 is 0 Å². The second-order valence-electron chi connectivity index (χ2n) is 3.53. The second kappa shape index (κ2) is 7.21. The molecule has 1 aromatic heterocycles. The Morgan fingerprint density at radius 3 is 2.47 bits per heavy atom. The highest BCUT2D eigenvalue weighted by Gasteiger charge is 2.22. The highest BCUT2D eigenvalue weighted by molar-refractivity contribution is 5.26. The van der Waals surface area contributed by atoms with Crippen molar-refractivity contribution in [1.29, 1.82) is 0 Å². The van der Waals surface area contributed by atoms with Crippen molar-refractivity contribution in [2.24, 2.45) is 0 Å². The van der Waals surface area contributed by atoms with Crippen LogP contribution in [0, 0.1) is 0 Å². The van der Waals surface area contributed by atoms with E-state index in [1.807, 2.05) is 13.0 Å². The Morgan fingerprint density at radius 1 is 1.24 bits per heavy atom. The number of aromatic nitrogens is 1. The molecular weight excluding hydrogens is 220 g/mol. The van der Waals surface area contributed by atoms with Gasteiger partial charge in [-0.3, -0.25) is 4.98 Å². The lowest BCUT2D eigenvalue weighted by Gasteiger charge is -2.25. The zero-order valence-corrected chi connectivity index (χ0v) is 10.8. The van der Waals surface area contributed by atoms with E-state index in [1.54, 1.807) is 33.7 Å². The van der Waals surface area contributed by atoms with E-state index in [1.165, 1.54) is 0 Å². The van der Waals surface area contributed by atoms with Crippen LogP contribution in [-0.4, -0.2) is 39.1 Å². The molecule has 0 radical (unpaired) electrons. The van der Waals surface area contributed by atoms with Crippen LogP contribution in [0.1, 0.15) is 18.5 Å². The van der Waals surface area contributed by atoms with E-state index < -0.39 is 0 Å². The highest BCUT2D eigenvalue weighted by atomic mass is 16.7. The summed E-state index contributed by atoms with van der Waals surface area (Å²) in [5, 5.41) is 3.31. The van der Waals surface area contributed by atoms with Crippen molar-refractivity contribution >= 4 is 0 Å². The van der Waals surface area contributed by atoms with Gasteiger partial charge in [0.25, 0.3) is 0 Å². The fourth-order valence-corrected chi connectivity index (χ4v) is 1.68. The minimum atomic E-state index is -0.358. The smallest absolute Gasteiger partial charge is 0.176 e. The van der Waals surface area contributed by atoms with Gasteiger partial charge in [0, 0.05) is 20.4 Å². The molecule has 1 N–H and O–H groups in total. The van der Waals surface area contributed by atoms with E-state index in [4.69, 9.17) is 14.2 Å². The summed E-state index contributed by atoms with van der Waals surface area (Å²) in [6.45, 7) is 2.84. The van der Waals surface area contributed by atoms with Crippen LogP contribution in [0.15, 0.2) is 18.5 Å². The van der Waals surface area contributed by atoms with Gasteiger partial charge in [-0.1, -0.05) is 6.92 Å². The third kappa shape index (κ3) is 3.66. The molecule has 96 valence electrons. The minimum Gasteiger partial charge on any atom is -0.495 e. The molecule has 5 nitrogen and oxygen atoms in total. The molecule has 0 aromatic carbocycles. The average Bonchev–Trinajstić information content (AvgIpc) is 2.39. The Labute approximate surface area is 102 Å². The lowest BCUT2D eigenvalue weighted by atomic mass is 10.1. The maximum absolute atomic E-state index is 5.29. The van der Waals surface area contributed by atoms with Crippen LogP contribution in [0.4, 0.5) is 0 Å². The maximum Gasteiger partial charge on any atom is 0.176 e. The van der Waals surface area contributed by atoms with Gasteiger partial charge in [0.1, 0.15) is 5.75 Å². The lowest BCUT2D eigenvalue weighted by Crippen LogP contribution is -2.34. The Bertz CT molecular complexity index is 329. The SMILES string of the molecule is CCNC(c1cncc(OC)c1)C(OC)OC. The summed E-state index contributed by atoms with van der Waals surface area (Å²) in [6.07, 6.45) is 3.09. The summed E-state index contributed by atoms with van der Waals surface area (Å²) in [4.78, 5) is 4.13. The molecule has 0 fully saturated rings. The molecule has 0 saturated heterocycles. The van der Waals surface area contributed by atoms with E-state index in [0.717, 1.165) is 17.9 Å². The monoisotopic (exact) mass is 240 g/mol. The van der Waals surface area contributed by atoms with Crippen LogP contribution < -0.4 is 10.1 Å². The zero-order valence-electron chi connectivity index (χ0n) is 10.8. The Balaban J connectivity index is 2.94. The van der Waals surface area contributed by atoms with Gasteiger partial charge < -0.3 is 19.5 Å². The number of ether oxygens (including phenoxy) is 3. The number of hydrogen-bond donors (Lipinski definition) is 1. The van der Waals surface area contributed by atoms with Crippen LogP contribution in [-0.2, 0) is 9.47 Å². The molecule has 0 aliphatic carbocycles. The molecule has 0 aliphatic heterocycles. The number of methoxy groups -OCH3 is 3. The standard InChI is InChI=1S/C12H20N2O3/c1-5-14-11(12(16-3)17-4)9-6-10(15-2)8-13-7-9/h6-8,11-12,14H,5H2,1-4H3. The van der Waals surface area contributed by atoms with Crippen LogP contribution in [0.2, 0.25) is 0 Å². The van der Waals surface area contributed by atoms with Crippen molar-refractivity contribution < 1.29 is 14.2 Å². The molecule has 1 heterocycles. The van der Waals surface area contributed by atoms with Crippen LogP contribution in [0.3, 0.4) is 0 Å². The van der Waals surface area contributed by atoms with E-state index in [0.29, 0.717) is 0 Å². The van der Waals surface area contributed by atoms with Gasteiger partial charge in [-0.2, -0.15) is 0 Å². The number of hydrogen-bond acceptors (Lipinski definition) is 5. The molecular formula is C12H20N2O3. The largest absolute Gasteiger partial charge is 0.495 e. The van der Waals surface area contributed by atoms with Gasteiger partial charge in [-0.25, -0.2) is 0 Å². The predicted octanol–water partition coefficient (Wildman–Crippen LogP) is 1.36. The van der Waals surface area contributed by atoms with E-state index in [-0.39, 0.29) is 12.3 Å². The quantitative estimate of drug-likeness (QED) is 0.729. The molecule has 1 unspecified atom stereocenters. The zero-order chi connectivity index (χ0) is 12.7. The van der Waals surface area contributed by atoms with Crippen LogP contribution in [0.5, 0.6) is 5.75 Å². The Kier molecular flexibility index (Phi) is 5.90. The number of likely N-dealkylation sites (N-methyl/N-ethyl adjacent to an activating group) is 1. The fourth-order valence-electron chi connectivity index (χ4n) is 1.68. The maximum atomic E-state index is 5.29. The third-order valence-electron chi connectivity index (χ3n) is 2.49. The Morgan fingerprint density at radius 2 is 1.94 bits per heavy atom. The summed E-state index contributed by atoms with van der Waals surface area (Å²) in [5.41, 5.74) is 0.972. The molecule has 0 saturated carbocycles. The summed E-state index contributed by atoms with van der Waals surface area (Å²) in [6, 6.07) is 1.85. The van der Waals surface area contributed by atoms with E-state index in [9.17, 15) is 0 Å². The molecule has 0 aliphatic rings. The lowest BCUT2D eigenvalue weighted by molar-refractivity contribution is -0.124. The third-order valence-corrected chi connectivity index (χ3v) is 2.49. The van der Waals surface area contributed by atoms with Crippen molar-refractivity contribution in [2.45, 2.75) is 19.3 Å². The number of nitrogens with one attached hydrogen (secondary N) is 1. The molecule has 1 atom stereocenters. The molecule has 17 heavy (non-hydrogen) atoms. The first-order valence-corrected chi connectivity index (χ1v) is 5.54. The van der Waals surface area contributed by atoms with E-state index >= 15 is 0 Å². The highest BCUT2D eigenvalue weighted by Crippen LogP contribution is 2.22. The first kappa shape index (κ1) is 13.9. The molecule has 0 spiro atoms. The second-order valence-corrected chi connectivity index (χ2v) is 3.53. The summed E-state index contributed by atoms with van der Waals surface area (Å²) in [7, 11) is 4.85. The number of pyridine rings is 1. The topological polar surface area (TPSA) is 52.6 Å². The fraction of sp³-hybridized carbons (Fsp3) is 0.583. The first-order valence-electron chi connectivity index (χ1n) is 5.54. The summed E-state index contributed by atoms with van der Waals surface area (Å²) >= 11 is 0. The van der Waals surface area contributed by atoms with Gasteiger partial charge in [0.2, 0.25) is 0 Å². The number of nitrogens with zero attached hydrogens (tertiary/aromatic N) is 1. The average molecular weight is 240 g/mol. The first-order chi connectivity index (χ1) is 8.26. The number of rotatable bonds is 7. The van der Waals surface area contributed by atoms with Crippen LogP contribution in [0.25, 0.3) is 0 Å². The van der Waals surface area contributed by atoms with E-state index in [2.05, 4.69) is 10.3 Å². The van der Waals surface area contributed by atoms with Crippen molar-refractivity contribution in [3.8, 4) is 5.75 Å². The molecule has 1 rings (SSSR count). The molecule has 1 aromatic rings. The van der Waals surface area contributed by atoms with Crippen molar-refractivity contribution in [3.05, 3.63) is 24.0 Å². The van der Waals surface area contributed by atoms with Gasteiger partial charge in [0.15, 0.2) is 6.29 Å². The summed E-state index contributed by atoms with van der Waals surface area (Å²) < 4.78 is 15.7. The predicted molar refractivity (Wildman–Crippen MR) is 65.0 cm³/mol. The van der Waals surface area contributed by atoms with Crippen molar-refractivity contribution in [3.63, 3.8) is 0 Å². The normalized spacial score (nSPS) is 12.8. The van der Waals surface area contributed by atoms with Gasteiger partial charge in [-0.15, -0.1) is 0 Å². The van der Waals surface area contributed by atoms with Crippen molar-refractivity contribution in [1.82, 2.24) is 10.3 Å². The minimum absolute atomic E-state index is 0.0717. The molecule has 0 bridgehead atoms. The molecule has 5 heteroatoms. The molecule has 0 amide bonds. The van der Waals surface area contributed by atoms with Crippen molar-refractivity contribution in [2.75, 3.05) is 27.9 Å². The summed E-state index contributed by atoms with van der Waals surface area (Å²) in [5.74, 6) is 0.719.